The van der Waals surface area contributed by atoms with Crippen molar-refractivity contribution >= 4 is 11.6 Å². The summed E-state index contributed by atoms with van der Waals surface area (Å²) < 4.78 is 0. The van der Waals surface area contributed by atoms with Crippen LogP contribution in [-0.2, 0) is 9.59 Å². The largest absolute Gasteiger partial charge is 0.390 e. The van der Waals surface area contributed by atoms with Crippen LogP contribution in [0, 0.1) is 28.6 Å². The second kappa shape index (κ2) is 5.49. The lowest BCUT2D eigenvalue weighted by atomic mass is 9.46. The van der Waals surface area contributed by atoms with Crippen LogP contribution in [0.5, 0.6) is 0 Å². The second-order valence-corrected chi connectivity index (χ2v) is 9.71. The quantitative estimate of drug-likeness (QED) is 0.661. The summed E-state index contributed by atoms with van der Waals surface area (Å²) in [6.45, 7) is 5.64. The van der Waals surface area contributed by atoms with Crippen LogP contribution in [-0.4, -0.2) is 44.7 Å². The van der Waals surface area contributed by atoms with Gasteiger partial charge in [0.1, 0.15) is 5.78 Å². The van der Waals surface area contributed by atoms with Gasteiger partial charge in [-0.1, -0.05) is 13.8 Å². The SMILES string of the molecule is CC(=O)C1CCC2(O)C3=CC(=O)C4CC(O)C(O)CC4(C)C3CCC12C. The predicted molar refractivity (Wildman–Crippen MR) is 95.1 cm³/mol. The fraction of sp³-hybridized carbons (Fsp3) is 0.810. The smallest absolute Gasteiger partial charge is 0.159 e. The van der Waals surface area contributed by atoms with Crippen LogP contribution in [0.2, 0.25) is 0 Å². The number of allylic oxidation sites excluding steroid dienone is 1. The van der Waals surface area contributed by atoms with Crippen molar-refractivity contribution in [2.24, 2.45) is 28.6 Å². The van der Waals surface area contributed by atoms with Crippen molar-refractivity contribution in [2.45, 2.75) is 77.1 Å². The van der Waals surface area contributed by atoms with Crippen molar-refractivity contribution in [3.63, 3.8) is 0 Å². The Morgan fingerprint density at radius 3 is 2.46 bits per heavy atom. The summed E-state index contributed by atoms with van der Waals surface area (Å²) in [6.07, 6.45) is 3.29. The lowest BCUT2D eigenvalue weighted by molar-refractivity contribution is -0.153. The fourth-order valence-corrected chi connectivity index (χ4v) is 7.02. The Hall–Kier alpha value is -1.04. The molecule has 4 rings (SSSR count). The maximum absolute atomic E-state index is 12.9. The minimum Gasteiger partial charge on any atom is -0.390 e. The number of carbonyl (C=O) groups is 2. The number of hydrogen-bond donors (Lipinski definition) is 3. The molecule has 8 atom stereocenters. The molecule has 3 saturated carbocycles. The van der Waals surface area contributed by atoms with Crippen LogP contribution in [0.3, 0.4) is 0 Å². The highest BCUT2D eigenvalue weighted by molar-refractivity contribution is 5.95. The van der Waals surface area contributed by atoms with Crippen LogP contribution in [0.25, 0.3) is 0 Å². The molecule has 0 heterocycles. The first-order chi connectivity index (χ1) is 12.0. The number of aliphatic hydroxyl groups excluding tert-OH is 2. The Balaban J connectivity index is 1.80. The summed E-state index contributed by atoms with van der Waals surface area (Å²) >= 11 is 0. The number of rotatable bonds is 1. The molecule has 5 heteroatoms. The number of ketones is 2. The molecule has 5 nitrogen and oxygen atoms in total. The van der Waals surface area contributed by atoms with Gasteiger partial charge in [-0.25, -0.2) is 0 Å². The average molecular weight is 362 g/mol. The minimum absolute atomic E-state index is 0.0103. The summed E-state index contributed by atoms with van der Waals surface area (Å²) in [6, 6.07) is 0. The Morgan fingerprint density at radius 2 is 1.81 bits per heavy atom. The molecular weight excluding hydrogens is 332 g/mol. The van der Waals surface area contributed by atoms with E-state index in [1.165, 1.54) is 0 Å². The molecule has 26 heavy (non-hydrogen) atoms. The van der Waals surface area contributed by atoms with Crippen molar-refractivity contribution in [1.29, 1.82) is 0 Å². The molecular formula is C21H30O5. The van der Waals surface area contributed by atoms with E-state index in [0.29, 0.717) is 19.3 Å². The number of aliphatic hydroxyl groups is 3. The zero-order chi connectivity index (χ0) is 19.1. The number of fused-ring (bicyclic) bond motifs is 5. The Labute approximate surface area is 154 Å². The summed E-state index contributed by atoms with van der Waals surface area (Å²) in [4.78, 5) is 25.1. The molecule has 0 aromatic heterocycles. The fourth-order valence-electron chi connectivity index (χ4n) is 7.02. The zero-order valence-corrected chi connectivity index (χ0v) is 15.9. The van der Waals surface area contributed by atoms with Gasteiger partial charge in [0, 0.05) is 17.3 Å². The monoisotopic (exact) mass is 362 g/mol. The molecule has 0 aromatic carbocycles. The van der Waals surface area contributed by atoms with E-state index < -0.39 is 28.6 Å². The van der Waals surface area contributed by atoms with E-state index in [0.717, 1.165) is 18.4 Å². The van der Waals surface area contributed by atoms with E-state index >= 15 is 0 Å². The normalized spacial score (nSPS) is 53.4. The molecule has 0 bridgehead atoms. The van der Waals surface area contributed by atoms with E-state index in [9.17, 15) is 24.9 Å². The molecule has 4 aliphatic carbocycles. The van der Waals surface area contributed by atoms with Gasteiger partial charge in [-0.05, 0) is 68.4 Å². The predicted octanol–water partition coefficient (Wildman–Crippen LogP) is 1.78. The van der Waals surface area contributed by atoms with Crippen LogP contribution in [0.15, 0.2) is 11.6 Å². The van der Waals surface area contributed by atoms with Crippen LogP contribution < -0.4 is 0 Å². The molecule has 3 fully saturated rings. The molecule has 3 N–H and O–H groups in total. The highest BCUT2D eigenvalue weighted by Crippen LogP contribution is 2.67. The third-order valence-electron chi connectivity index (χ3n) is 8.61. The molecule has 0 saturated heterocycles. The lowest BCUT2D eigenvalue weighted by Crippen LogP contribution is -2.60. The Bertz CT molecular complexity index is 699. The topological polar surface area (TPSA) is 94.8 Å². The maximum atomic E-state index is 12.9. The zero-order valence-electron chi connectivity index (χ0n) is 15.9. The van der Waals surface area contributed by atoms with E-state index in [4.69, 9.17) is 0 Å². The second-order valence-electron chi connectivity index (χ2n) is 9.71. The minimum atomic E-state index is -1.13. The van der Waals surface area contributed by atoms with Crippen LogP contribution >= 0.6 is 0 Å². The van der Waals surface area contributed by atoms with Gasteiger partial charge in [-0.3, -0.25) is 9.59 Å². The van der Waals surface area contributed by atoms with E-state index in [1.807, 2.05) is 13.8 Å². The molecule has 4 aliphatic rings. The van der Waals surface area contributed by atoms with Gasteiger partial charge in [0.15, 0.2) is 5.78 Å². The van der Waals surface area contributed by atoms with E-state index in [1.54, 1.807) is 13.0 Å². The average Bonchev–Trinajstić information content (AvgIpc) is 2.83. The highest BCUT2D eigenvalue weighted by Gasteiger charge is 2.67. The number of Topliss-reactive ketones (excluding diaryl/α,β-unsaturated/α-hetero) is 1. The molecule has 0 radical (unpaired) electrons. The van der Waals surface area contributed by atoms with Crippen molar-refractivity contribution in [3.05, 3.63) is 11.6 Å². The number of carbonyl (C=O) groups excluding carboxylic acids is 2. The van der Waals surface area contributed by atoms with Gasteiger partial charge in [0.2, 0.25) is 0 Å². The summed E-state index contributed by atoms with van der Waals surface area (Å²) in [5.74, 6) is -0.406. The molecule has 0 aromatic rings. The van der Waals surface area contributed by atoms with Crippen molar-refractivity contribution < 1.29 is 24.9 Å². The third-order valence-corrected chi connectivity index (χ3v) is 8.61. The highest BCUT2D eigenvalue weighted by atomic mass is 16.3. The Kier molecular flexibility index (Phi) is 3.87. The van der Waals surface area contributed by atoms with Gasteiger partial charge < -0.3 is 15.3 Å². The maximum Gasteiger partial charge on any atom is 0.159 e. The van der Waals surface area contributed by atoms with Gasteiger partial charge in [0.25, 0.3) is 0 Å². The first-order valence-corrected chi connectivity index (χ1v) is 9.89. The summed E-state index contributed by atoms with van der Waals surface area (Å²) in [5, 5.41) is 32.1. The van der Waals surface area contributed by atoms with Crippen LogP contribution in [0.1, 0.15) is 59.3 Å². The van der Waals surface area contributed by atoms with Crippen molar-refractivity contribution in [3.8, 4) is 0 Å². The van der Waals surface area contributed by atoms with Crippen LogP contribution in [0.4, 0.5) is 0 Å². The van der Waals surface area contributed by atoms with Gasteiger partial charge in [0.05, 0.1) is 17.8 Å². The molecule has 0 amide bonds. The van der Waals surface area contributed by atoms with Crippen molar-refractivity contribution in [2.75, 3.05) is 0 Å². The molecule has 144 valence electrons. The summed E-state index contributed by atoms with van der Waals surface area (Å²) in [7, 11) is 0. The summed E-state index contributed by atoms with van der Waals surface area (Å²) in [5.41, 5.74) is -1.33. The van der Waals surface area contributed by atoms with Crippen molar-refractivity contribution in [1.82, 2.24) is 0 Å². The van der Waals surface area contributed by atoms with Gasteiger partial charge in [-0.2, -0.15) is 0 Å². The lowest BCUT2D eigenvalue weighted by Gasteiger charge is -2.59. The molecule has 8 unspecified atom stereocenters. The van der Waals surface area contributed by atoms with E-state index in [2.05, 4.69) is 0 Å². The first-order valence-electron chi connectivity index (χ1n) is 9.89. The molecule has 0 aliphatic heterocycles. The third kappa shape index (κ3) is 2.08. The molecule has 0 spiro atoms. The first kappa shape index (κ1) is 18.3. The van der Waals surface area contributed by atoms with Gasteiger partial charge in [-0.15, -0.1) is 0 Å². The van der Waals surface area contributed by atoms with E-state index in [-0.39, 0.29) is 35.7 Å². The van der Waals surface area contributed by atoms with Gasteiger partial charge >= 0.3 is 0 Å². The Morgan fingerprint density at radius 1 is 1.12 bits per heavy atom. The number of hydrogen-bond acceptors (Lipinski definition) is 5. The standard InChI is InChI=1S/C21H30O5/c1-11(22)12-5-7-21(26)14-8-16(23)15-9-17(24)18(25)10-19(15,2)13(14)4-6-20(12,21)3/h8,12-13,15,17-18,24-26H,4-7,9-10H2,1-3H3.